The van der Waals surface area contributed by atoms with Gasteiger partial charge in [0.25, 0.3) is 0 Å². The number of benzene rings is 2. The van der Waals surface area contributed by atoms with Gasteiger partial charge in [-0.05, 0) is 60.9 Å². The summed E-state index contributed by atoms with van der Waals surface area (Å²) in [5.41, 5.74) is 3.16. The van der Waals surface area contributed by atoms with Gasteiger partial charge in [-0.25, -0.2) is 0 Å². The lowest BCUT2D eigenvalue weighted by atomic mass is 9.76. The molecule has 3 rings (SSSR count). The standard InChI is InChI=1S/C20H19BrClNO/c1-4-19(24)23-12-17(13-5-8-15(22)9-6-13)16-11-14(21)7-10-18(16)20(23,2)3/h4-11,17H,1,12H2,2-3H3/t17-/m1/s1. The molecule has 2 aromatic rings. The first-order valence-electron chi connectivity index (χ1n) is 7.84. The van der Waals surface area contributed by atoms with Crippen molar-refractivity contribution < 1.29 is 4.79 Å². The molecule has 4 heteroatoms. The van der Waals surface area contributed by atoms with E-state index in [0.717, 1.165) is 15.6 Å². The zero-order valence-electron chi connectivity index (χ0n) is 13.7. The number of hydrogen-bond acceptors (Lipinski definition) is 1. The van der Waals surface area contributed by atoms with Gasteiger partial charge in [-0.3, -0.25) is 4.79 Å². The van der Waals surface area contributed by atoms with Crippen molar-refractivity contribution in [3.63, 3.8) is 0 Å². The molecular formula is C20H19BrClNO. The molecule has 24 heavy (non-hydrogen) atoms. The minimum absolute atomic E-state index is 0.0486. The molecule has 0 aliphatic carbocycles. The third-order valence-electron chi connectivity index (χ3n) is 4.80. The van der Waals surface area contributed by atoms with Crippen LogP contribution in [-0.4, -0.2) is 17.4 Å². The first-order chi connectivity index (χ1) is 11.3. The summed E-state index contributed by atoms with van der Waals surface area (Å²) in [7, 11) is 0. The number of carbonyl (C=O) groups excluding carboxylic acids is 1. The minimum Gasteiger partial charge on any atom is -0.329 e. The maximum atomic E-state index is 12.5. The van der Waals surface area contributed by atoms with Gasteiger partial charge in [0.05, 0.1) is 5.54 Å². The van der Waals surface area contributed by atoms with Gasteiger partial charge >= 0.3 is 0 Å². The Morgan fingerprint density at radius 2 is 1.96 bits per heavy atom. The van der Waals surface area contributed by atoms with Crippen molar-refractivity contribution in [2.24, 2.45) is 0 Å². The van der Waals surface area contributed by atoms with Crippen LogP contribution in [0.2, 0.25) is 5.02 Å². The maximum Gasteiger partial charge on any atom is 0.246 e. The van der Waals surface area contributed by atoms with Crippen molar-refractivity contribution in [1.82, 2.24) is 4.90 Å². The van der Waals surface area contributed by atoms with Crippen molar-refractivity contribution >= 4 is 33.4 Å². The Bertz CT molecular complexity index is 798. The first kappa shape index (κ1) is 17.2. The SMILES string of the molecule is C=CC(=O)N1C[C@H](c2ccc(Cl)cc2)c2cc(Br)ccc2C1(C)C. The van der Waals surface area contributed by atoms with Crippen LogP contribution in [0.15, 0.2) is 59.6 Å². The number of amides is 1. The molecule has 2 nitrogen and oxygen atoms in total. The summed E-state index contributed by atoms with van der Waals surface area (Å²) in [4.78, 5) is 14.4. The first-order valence-corrected chi connectivity index (χ1v) is 9.01. The van der Waals surface area contributed by atoms with E-state index in [-0.39, 0.29) is 17.4 Å². The topological polar surface area (TPSA) is 20.3 Å². The average Bonchev–Trinajstić information content (AvgIpc) is 2.55. The number of halogens is 2. The van der Waals surface area contributed by atoms with Gasteiger partial charge in [0.15, 0.2) is 0 Å². The van der Waals surface area contributed by atoms with Gasteiger partial charge in [0.2, 0.25) is 5.91 Å². The van der Waals surface area contributed by atoms with E-state index in [1.54, 1.807) is 0 Å². The highest BCUT2D eigenvalue weighted by Gasteiger charge is 2.41. The van der Waals surface area contributed by atoms with Crippen molar-refractivity contribution in [2.45, 2.75) is 25.3 Å². The van der Waals surface area contributed by atoms with Gasteiger partial charge in [-0.2, -0.15) is 0 Å². The van der Waals surface area contributed by atoms with Gasteiger partial charge in [-0.1, -0.05) is 52.3 Å². The van der Waals surface area contributed by atoms with Crippen LogP contribution in [0.5, 0.6) is 0 Å². The molecule has 0 N–H and O–H groups in total. The minimum atomic E-state index is -0.385. The molecule has 1 amide bonds. The molecule has 0 unspecified atom stereocenters. The highest BCUT2D eigenvalue weighted by atomic mass is 79.9. The lowest BCUT2D eigenvalue weighted by Crippen LogP contribution is -2.50. The number of fused-ring (bicyclic) bond motifs is 1. The highest BCUT2D eigenvalue weighted by Crippen LogP contribution is 2.43. The smallest absolute Gasteiger partial charge is 0.246 e. The van der Waals surface area contributed by atoms with E-state index in [9.17, 15) is 4.79 Å². The van der Waals surface area contributed by atoms with E-state index >= 15 is 0 Å². The number of carbonyl (C=O) groups is 1. The van der Waals surface area contributed by atoms with Gasteiger partial charge in [0.1, 0.15) is 0 Å². The van der Waals surface area contributed by atoms with Crippen molar-refractivity contribution in [3.8, 4) is 0 Å². The Hall–Kier alpha value is -1.58. The Morgan fingerprint density at radius 3 is 2.58 bits per heavy atom. The van der Waals surface area contributed by atoms with E-state index in [1.165, 1.54) is 11.6 Å². The summed E-state index contributed by atoms with van der Waals surface area (Å²) in [6, 6.07) is 14.2. The van der Waals surface area contributed by atoms with Gasteiger partial charge < -0.3 is 4.90 Å². The third-order valence-corrected chi connectivity index (χ3v) is 5.55. The van der Waals surface area contributed by atoms with E-state index in [4.69, 9.17) is 11.6 Å². The monoisotopic (exact) mass is 403 g/mol. The Morgan fingerprint density at radius 1 is 1.29 bits per heavy atom. The zero-order chi connectivity index (χ0) is 17.5. The van der Waals surface area contributed by atoms with E-state index in [2.05, 4.69) is 48.5 Å². The van der Waals surface area contributed by atoms with Crippen molar-refractivity contribution in [2.75, 3.05) is 6.54 Å². The summed E-state index contributed by atoms with van der Waals surface area (Å²) in [6.07, 6.45) is 1.39. The molecule has 0 fully saturated rings. The summed E-state index contributed by atoms with van der Waals surface area (Å²) < 4.78 is 1.04. The second-order valence-corrected chi connectivity index (χ2v) is 7.90. The summed E-state index contributed by atoms with van der Waals surface area (Å²) in [5, 5.41) is 0.711. The molecule has 2 aromatic carbocycles. The molecule has 1 aliphatic heterocycles. The molecule has 0 radical (unpaired) electrons. The molecular weight excluding hydrogens is 386 g/mol. The van der Waals surface area contributed by atoms with Crippen LogP contribution in [0.25, 0.3) is 0 Å². The number of hydrogen-bond donors (Lipinski definition) is 0. The van der Waals surface area contributed by atoms with Crippen LogP contribution in [0.3, 0.4) is 0 Å². The molecule has 124 valence electrons. The predicted octanol–water partition coefficient (Wildman–Crippen LogP) is 5.50. The van der Waals surface area contributed by atoms with E-state index in [1.807, 2.05) is 35.2 Å². The summed E-state index contributed by atoms with van der Waals surface area (Å²) >= 11 is 9.62. The molecule has 0 bridgehead atoms. The molecule has 1 heterocycles. The van der Waals surface area contributed by atoms with Crippen LogP contribution in [0.4, 0.5) is 0 Å². The Balaban J connectivity index is 2.18. The molecule has 0 saturated heterocycles. The van der Waals surface area contributed by atoms with Crippen molar-refractivity contribution in [3.05, 3.63) is 81.3 Å². The molecule has 0 spiro atoms. The van der Waals surface area contributed by atoms with E-state index < -0.39 is 0 Å². The van der Waals surface area contributed by atoms with Gasteiger partial charge in [0, 0.05) is 22.0 Å². The zero-order valence-corrected chi connectivity index (χ0v) is 16.1. The fraction of sp³-hybridized carbons (Fsp3) is 0.250. The van der Waals surface area contributed by atoms with Crippen molar-refractivity contribution in [1.29, 1.82) is 0 Å². The van der Waals surface area contributed by atoms with Crippen LogP contribution in [-0.2, 0) is 10.3 Å². The second-order valence-electron chi connectivity index (χ2n) is 6.55. The lowest BCUT2D eigenvalue weighted by Gasteiger charge is -2.47. The van der Waals surface area contributed by atoms with E-state index in [0.29, 0.717) is 11.6 Å². The second kappa shape index (κ2) is 6.38. The Kier molecular flexibility index (Phi) is 4.58. The summed E-state index contributed by atoms with van der Waals surface area (Å²) in [5.74, 6) is 0.0548. The van der Waals surface area contributed by atoms with Crippen LogP contribution >= 0.6 is 27.5 Å². The maximum absolute atomic E-state index is 12.5. The number of rotatable bonds is 2. The quantitative estimate of drug-likeness (QED) is 0.605. The fourth-order valence-corrected chi connectivity index (χ4v) is 3.99. The number of nitrogens with zero attached hydrogens (tertiary/aromatic N) is 1. The van der Waals surface area contributed by atoms with Crippen LogP contribution in [0, 0.1) is 0 Å². The average molecular weight is 405 g/mol. The normalized spacial score (nSPS) is 18.8. The molecule has 1 atom stereocenters. The fourth-order valence-electron chi connectivity index (χ4n) is 3.49. The lowest BCUT2D eigenvalue weighted by molar-refractivity contribution is -0.132. The molecule has 1 aliphatic rings. The third kappa shape index (κ3) is 2.91. The largest absolute Gasteiger partial charge is 0.329 e. The van der Waals surface area contributed by atoms with Crippen LogP contribution < -0.4 is 0 Å². The molecule has 0 saturated carbocycles. The van der Waals surface area contributed by atoms with Gasteiger partial charge in [-0.15, -0.1) is 0 Å². The Labute approximate surface area is 156 Å². The van der Waals surface area contributed by atoms with Crippen LogP contribution in [0.1, 0.15) is 36.5 Å². The summed E-state index contributed by atoms with van der Waals surface area (Å²) in [6.45, 7) is 8.44. The predicted molar refractivity (Wildman–Crippen MR) is 102 cm³/mol. The highest BCUT2D eigenvalue weighted by molar-refractivity contribution is 9.10. The molecule has 0 aromatic heterocycles.